The number of rotatable bonds is 6. The molecule has 10 heteroatoms. The third-order valence-electron chi connectivity index (χ3n) is 4.91. The van der Waals surface area contributed by atoms with Crippen molar-refractivity contribution in [3.63, 3.8) is 0 Å². The summed E-state index contributed by atoms with van der Waals surface area (Å²) in [6.45, 7) is 1.51. The van der Waals surface area contributed by atoms with Gasteiger partial charge in [0, 0.05) is 17.7 Å². The number of benzene rings is 2. The molecule has 0 aliphatic rings. The topological polar surface area (TPSA) is 69.6 Å². The third-order valence-corrected chi connectivity index (χ3v) is 4.91. The lowest BCUT2D eigenvalue weighted by molar-refractivity contribution is 0.170. The molecule has 0 atom stereocenters. The van der Waals surface area contributed by atoms with Crippen molar-refractivity contribution in [2.75, 3.05) is 7.11 Å². The number of ether oxygens (including phenoxy) is 2. The number of para-hydroxylation sites is 1. The summed E-state index contributed by atoms with van der Waals surface area (Å²) in [5.74, 6) is -2.00. The highest BCUT2D eigenvalue weighted by molar-refractivity contribution is 6.34. The molecule has 1 N–H and O–H groups in total. The Balaban J connectivity index is 1.91. The number of methoxy groups -OCH3 is 1. The van der Waals surface area contributed by atoms with Crippen molar-refractivity contribution >= 4 is 19.4 Å². The number of halogens is 3. The van der Waals surface area contributed by atoms with E-state index >= 15 is 0 Å². The summed E-state index contributed by atoms with van der Waals surface area (Å²) in [6.07, 6.45) is -0.670. The van der Waals surface area contributed by atoms with Gasteiger partial charge in [-0.3, -0.25) is 9.36 Å². The highest BCUT2D eigenvalue weighted by Gasteiger charge is 2.18. The SMILES string of the molecule is Bc1c(OCc2ccc(F)cc2CNC(=O)OC)cc(C)n(-c2c(F)cccc2F)c1=O. The number of amides is 1. The van der Waals surface area contributed by atoms with Gasteiger partial charge in [0.25, 0.3) is 5.56 Å². The fourth-order valence-electron chi connectivity index (χ4n) is 3.22. The maximum Gasteiger partial charge on any atom is 0.407 e. The largest absolute Gasteiger partial charge is 0.489 e. The Labute approximate surface area is 183 Å². The van der Waals surface area contributed by atoms with Crippen LogP contribution in [0.4, 0.5) is 18.0 Å². The number of nitrogens with one attached hydrogen (secondary N) is 1. The fraction of sp³-hybridized carbons (Fsp3) is 0.182. The summed E-state index contributed by atoms with van der Waals surface area (Å²) in [7, 11) is 2.70. The molecular formula is C22H20BF3N2O4. The molecule has 32 heavy (non-hydrogen) atoms. The average Bonchev–Trinajstić information content (AvgIpc) is 2.76. The second-order valence-corrected chi connectivity index (χ2v) is 7.03. The van der Waals surface area contributed by atoms with Crippen LogP contribution in [0.3, 0.4) is 0 Å². The summed E-state index contributed by atoms with van der Waals surface area (Å²) < 4.78 is 53.4. The van der Waals surface area contributed by atoms with Crippen LogP contribution in [0.2, 0.25) is 0 Å². The van der Waals surface area contributed by atoms with Gasteiger partial charge in [-0.05, 0) is 48.4 Å². The van der Waals surface area contributed by atoms with Crippen molar-refractivity contribution in [3.05, 3.63) is 87.1 Å². The number of aromatic nitrogens is 1. The normalized spacial score (nSPS) is 10.7. The minimum absolute atomic E-state index is 0.00922. The number of alkyl carbamates (subject to hydrolysis) is 1. The van der Waals surface area contributed by atoms with Crippen molar-refractivity contribution < 1.29 is 27.4 Å². The zero-order valence-corrected chi connectivity index (χ0v) is 17.7. The number of pyridine rings is 1. The molecule has 0 aliphatic carbocycles. The molecule has 166 valence electrons. The van der Waals surface area contributed by atoms with Crippen molar-refractivity contribution in [2.24, 2.45) is 0 Å². The van der Waals surface area contributed by atoms with Crippen molar-refractivity contribution in [3.8, 4) is 11.4 Å². The smallest absolute Gasteiger partial charge is 0.407 e. The Morgan fingerprint density at radius 3 is 2.44 bits per heavy atom. The molecule has 3 rings (SSSR count). The first-order chi connectivity index (χ1) is 15.2. The minimum atomic E-state index is -0.864. The lowest BCUT2D eigenvalue weighted by Crippen LogP contribution is -2.36. The van der Waals surface area contributed by atoms with Crippen LogP contribution in [0, 0.1) is 24.4 Å². The molecule has 2 aromatic carbocycles. The first-order valence-corrected chi connectivity index (χ1v) is 9.62. The van der Waals surface area contributed by atoms with Gasteiger partial charge < -0.3 is 14.8 Å². The van der Waals surface area contributed by atoms with Crippen LogP contribution in [0.25, 0.3) is 5.69 Å². The van der Waals surface area contributed by atoms with Crippen LogP contribution in [-0.4, -0.2) is 25.6 Å². The van der Waals surface area contributed by atoms with Gasteiger partial charge in [0.1, 0.15) is 35.5 Å². The van der Waals surface area contributed by atoms with E-state index in [1.54, 1.807) is 0 Å². The number of hydrogen-bond donors (Lipinski definition) is 1. The number of aryl methyl sites for hydroxylation is 1. The van der Waals surface area contributed by atoms with Gasteiger partial charge in [-0.15, -0.1) is 0 Å². The van der Waals surface area contributed by atoms with Gasteiger partial charge in [0.15, 0.2) is 7.85 Å². The lowest BCUT2D eigenvalue weighted by Gasteiger charge is -2.17. The van der Waals surface area contributed by atoms with Crippen molar-refractivity contribution in [2.45, 2.75) is 20.1 Å². The zero-order chi connectivity index (χ0) is 23.4. The molecule has 0 saturated carbocycles. The van der Waals surface area contributed by atoms with Gasteiger partial charge >= 0.3 is 6.09 Å². The molecule has 1 heterocycles. The predicted molar refractivity (Wildman–Crippen MR) is 115 cm³/mol. The van der Waals surface area contributed by atoms with Gasteiger partial charge in [0.05, 0.1) is 7.11 Å². The molecule has 0 radical (unpaired) electrons. The summed E-state index contributed by atoms with van der Waals surface area (Å²) >= 11 is 0. The van der Waals surface area contributed by atoms with E-state index in [1.165, 1.54) is 52.2 Å². The van der Waals surface area contributed by atoms with E-state index < -0.39 is 34.8 Å². The second-order valence-electron chi connectivity index (χ2n) is 7.03. The Morgan fingerprint density at radius 2 is 1.78 bits per heavy atom. The van der Waals surface area contributed by atoms with Crippen LogP contribution in [0.5, 0.6) is 5.75 Å². The quantitative estimate of drug-likeness (QED) is 0.593. The summed E-state index contributed by atoms with van der Waals surface area (Å²) in [5, 5.41) is 2.47. The van der Waals surface area contributed by atoms with Crippen LogP contribution in [-0.2, 0) is 17.9 Å². The minimum Gasteiger partial charge on any atom is -0.489 e. The monoisotopic (exact) mass is 444 g/mol. The molecule has 0 unspecified atom stereocenters. The van der Waals surface area contributed by atoms with Crippen LogP contribution in [0.15, 0.2) is 47.3 Å². The lowest BCUT2D eigenvalue weighted by atomic mass is 9.96. The van der Waals surface area contributed by atoms with Gasteiger partial charge in [0.2, 0.25) is 0 Å². The second kappa shape index (κ2) is 9.63. The molecule has 6 nitrogen and oxygen atoms in total. The number of carbonyl (C=O) groups excluding carboxylic acids is 1. The molecule has 0 bridgehead atoms. The molecular weight excluding hydrogens is 424 g/mol. The first kappa shape index (κ1) is 23.0. The first-order valence-electron chi connectivity index (χ1n) is 9.62. The third kappa shape index (κ3) is 4.79. The van der Waals surface area contributed by atoms with Gasteiger partial charge in [-0.25, -0.2) is 18.0 Å². The van der Waals surface area contributed by atoms with E-state index in [4.69, 9.17) is 4.74 Å². The van der Waals surface area contributed by atoms with Crippen molar-refractivity contribution in [1.82, 2.24) is 9.88 Å². The Kier molecular flexibility index (Phi) is 6.92. The van der Waals surface area contributed by atoms with E-state index in [-0.39, 0.29) is 30.1 Å². The number of hydrogen-bond acceptors (Lipinski definition) is 4. The summed E-state index contributed by atoms with van der Waals surface area (Å²) in [6, 6.07) is 8.86. The van der Waals surface area contributed by atoms with E-state index in [1.807, 2.05) is 0 Å². The standard InChI is InChI=1S/C22H20BF3N2O4/c1-12-8-18(19(23)21(29)28(12)20-16(25)4-3-5-17(20)26)32-11-13-6-7-15(24)9-14(13)10-27-22(30)31-2/h3-9H,10-11,23H2,1-2H3,(H,27,30). The Morgan fingerprint density at radius 1 is 1.09 bits per heavy atom. The highest BCUT2D eigenvalue weighted by atomic mass is 19.1. The van der Waals surface area contributed by atoms with E-state index in [0.29, 0.717) is 11.1 Å². The van der Waals surface area contributed by atoms with E-state index in [9.17, 15) is 22.8 Å². The van der Waals surface area contributed by atoms with Gasteiger partial charge in [-0.2, -0.15) is 0 Å². The number of nitrogens with zero attached hydrogens (tertiary/aromatic N) is 1. The maximum absolute atomic E-state index is 14.2. The van der Waals surface area contributed by atoms with Crippen LogP contribution < -0.4 is 21.1 Å². The van der Waals surface area contributed by atoms with Crippen LogP contribution >= 0.6 is 0 Å². The highest BCUT2D eigenvalue weighted by Crippen LogP contribution is 2.20. The number of carbonyl (C=O) groups is 1. The molecule has 3 aromatic rings. The summed E-state index contributed by atoms with van der Waals surface area (Å²) in [4.78, 5) is 24.2. The fourth-order valence-corrected chi connectivity index (χ4v) is 3.22. The predicted octanol–water partition coefficient (Wildman–Crippen LogP) is 2.26. The molecule has 0 fully saturated rings. The molecule has 0 aliphatic heterocycles. The van der Waals surface area contributed by atoms with Gasteiger partial charge in [-0.1, -0.05) is 12.1 Å². The molecule has 1 amide bonds. The Bertz CT molecular complexity index is 1210. The van der Waals surface area contributed by atoms with Crippen molar-refractivity contribution in [1.29, 1.82) is 0 Å². The average molecular weight is 444 g/mol. The summed E-state index contributed by atoms with van der Waals surface area (Å²) in [5.41, 5.74) is 0.367. The molecule has 0 spiro atoms. The van der Waals surface area contributed by atoms with Crippen LogP contribution in [0.1, 0.15) is 16.8 Å². The zero-order valence-electron chi connectivity index (χ0n) is 17.7. The van der Waals surface area contributed by atoms with E-state index in [2.05, 4.69) is 10.1 Å². The maximum atomic E-state index is 14.2. The van der Waals surface area contributed by atoms with E-state index in [0.717, 1.165) is 16.7 Å². The Hall–Kier alpha value is -3.69. The molecule has 1 aromatic heterocycles. The molecule has 0 saturated heterocycles.